The Morgan fingerprint density at radius 2 is 2.16 bits per heavy atom. The zero-order valence-electron chi connectivity index (χ0n) is 11.9. The highest BCUT2D eigenvalue weighted by molar-refractivity contribution is 5.88. The molecule has 19 heavy (non-hydrogen) atoms. The fourth-order valence-corrected chi connectivity index (χ4v) is 2.43. The second kappa shape index (κ2) is 4.81. The zero-order chi connectivity index (χ0) is 14.2. The monoisotopic (exact) mass is 263 g/mol. The molecule has 104 valence electrons. The molecule has 1 aromatic heterocycles. The summed E-state index contributed by atoms with van der Waals surface area (Å²) >= 11 is 0. The van der Waals surface area contributed by atoms with Gasteiger partial charge in [-0.05, 0) is 44.9 Å². The van der Waals surface area contributed by atoms with E-state index < -0.39 is 5.97 Å². The average molecular weight is 263 g/mol. The molecule has 1 saturated heterocycles. The van der Waals surface area contributed by atoms with Crippen LogP contribution in [0.25, 0.3) is 0 Å². The molecule has 1 aromatic rings. The predicted molar refractivity (Wildman–Crippen MR) is 75.0 cm³/mol. The van der Waals surface area contributed by atoms with Gasteiger partial charge in [-0.1, -0.05) is 0 Å². The molecule has 1 fully saturated rings. The maximum absolute atomic E-state index is 11.2. The number of piperazine rings is 1. The van der Waals surface area contributed by atoms with Crippen LogP contribution in [-0.4, -0.2) is 41.2 Å². The number of pyridine rings is 1. The molecule has 0 amide bonds. The number of carboxylic acid groups (broad SMARTS) is 1. The number of aryl methyl sites for hydroxylation is 1. The number of hydrogen-bond donors (Lipinski definition) is 2. The Labute approximate surface area is 113 Å². The topological polar surface area (TPSA) is 65.5 Å². The van der Waals surface area contributed by atoms with Crippen molar-refractivity contribution >= 4 is 11.8 Å². The third-order valence-electron chi connectivity index (χ3n) is 3.62. The fourth-order valence-electron chi connectivity index (χ4n) is 2.43. The molecule has 5 nitrogen and oxygen atoms in total. The first kappa shape index (κ1) is 13.8. The Morgan fingerprint density at radius 3 is 2.74 bits per heavy atom. The summed E-state index contributed by atoms with van der Waals surface area (Å²) in [6.45, 7) is 10.6. The van der Waals surface area contributed by atoms with Gasteiger partial charge in [-0.15, -0.1) is 0 Å². The Morgan fingerprint density at radius 1 is 1.47 bits per heavy atom. The van der Waals surface area contributed by atoms with E-state index >= 15 is 0 Å². The van der Waals surface area contributed by atoms with E-state index in [1.165, 1.54) is 0 Å². The molecule has 0 aromatic carbocycles. The summed E-state index contributed by atoms with van der Waals surface area (Å²) in [5.41, 5.74) is 1.89. The van der Waals surface area contributed by atoms with Crippen LogP contribution in [0.15, 0.2) is 6.07 Å². The number of rotatable bonds is 2. The van der Waals surface area contributed by atoms with Gasteiger partial charge >= 0.3 is 5.97 Å². The van der Waals surface area contributed by atoms with Crippen molar-refractivity contribution in [2.45, 2.75) is 33.2 Å². The maximum atomic E-state index is 11.2. The van der Waals surface area contributed by atoms with Crippen molar-refractivity contribution in [2.75, 3.05) is 24.5 Å². The lowest BCUT2D eigenvalue weighted by Gasteiger charge is -2.40. The molecule has 5 heteroatoms. The summed E-state index contributed by atoms with van der Waals surface area (Å²) < 4.78 is 0. The molecule has 1 aliphatic heterocycles. The second-order valence-electron chi connectivity index (χ2n) is 5.81. The molecule has 0 atom stereocenters. The normalized spacial score (nSPS) is 18.4. The van der Waals surface area contributed by atoms with Crippen LogP contribution in [0.5, 0.6) is 0 Å². The summed E-state index contributed by atoms with van der Waals surface area (Å²) in [4.78, 5) is 17.7. The molecule has 0 spiro atoms. The first-order chi connectivity index (χ1) is 8.80. The number of nitrogens with one attached hydrogen (secondary N) is 1. The number of aromatic nitrogens is 1. The molecular weight excluding hydrogens is 242 g/mol. The van der Waals surface area contributed by atoms with E-state index in [0.29, 0.717) is 0 Å². The minimum Gasteiger partial charge on any atom is -0.477 e. The number of carboxylic acids is 1. The van der Waals surface area contributed by atoms with E-state index in [-0.39, 0.29) is 11.2 Å². The van der Waals surface area contributed by atoms with Crippen molar-refractivity contribution in [2.24, 2.45) is 0 Å². The highest BCUT2D eigenvalue weighted by Gasteiger charge is 2.27. The van der Waals surface area contributed by atoms with Crippen LogP contribution < -0.4 is 10.2 Å². The van der Waals surface area contributed by atoms with Crippen LogP contribution in [0, 0.1) is 13.8 Å². The van der Waals surface area contributed by atoms with Gasteiger partial charge in [-0.25, -0.2) is 9.78 Å². The Bertz CT molecular complexity index is 512. The van der Waals surface area contributed by atoms with Gasteiger partial charge in [-0.2, -0.15) is 0 Å². The zero-order valence-corrected chi connectivity index (χ0v) is 11.9. The predicted octanol–water partition coefficient (Wildman–Crippen LogP) is 1.58. The van der Waals surface area contributed by atoms with Gasteiger partial charge < -0.3 is 15.3 Å². The lowest BCUT2D eigenvalue weighted by Crippen LogP contribution is -2.57. The van der Waals surface area contributed by atoms with Crippen molar-refractivity contribution in [1.82, 2.24) is 10.3 Å². The van der Waals surface area contributed by atoms with Crippen LogP contribution in [0.2, 0.25) is 0 Å². The van der Waals surface area contributed by atoms with Gasteiger partial charge in [-0.3, -0.25) is 0 Å². The second-order valence-corrected chi connectivity index (χ2v) is 5.81. The highest BCUT2D eigenvalue weighted by atomic mass is 16.4. The summed E-state index contributed by atoms with van der Waals surface area (Å²) in [6, 6.07) is 1.98. The third kappa shape index (κ3) is 2.87. The molecule has 0 aliphatic carbocycles. The maximum Gasteiger partial charge on any atom is 0.354 e. The van der Waals surface area contributed by atoms with E-state index in [0.717, 1.165) is 36.6 Å². The third-order valence-corrected chi connectivity index (χ3v) is 3.62. The Kier molecular flexibility index (Phi) is 3.49. The minimum absolute atomic E-state index is 0.0160. The van der Waals surface area contributed by atoms with Crippen LogP contribution in [0.3, 0.4) is 0 Å². The van der Waals surface area contributed by atoms with Gasteiger partial charge in [0, 0.05) is 25.2 Å². The fraction of sp³-hybridized carbons (Fsp3) is 0.571. The van der Waals surface area contributed by atoms with Crippen LogP contribution in [0.4, 0.5) is 5.82 Å². The minimum atomic E-state index is -0.961. The van der Waals surface area contributed by atoms with Gasteiger partial charge in [0.15, 0.2) is 5.69 Å². The summed E-state index contributed by atoms with van der Waals surface area (Å²) in [5, 5.41) is 12.7. The quantitative estimate of drug-likeness (QED) is 0.848. The van der Waals surface area contributed by atoms with Crippen molar-refractivity contribution in [1.29, 1.82) is 0 Å². The molecule has 0 radical (unpaired) electrons. The van der Waals surface area contributed by atoms with Crippen LogP contribution in [-0.2, 0) is 0 Å². The van der Waals surface area contributed by atoms with Gasteiger partial charge in [0.25, 0.3) is 0 Å². The van der Waals surface area contributed by atoms with E-state index in [1.54, 1.807) is 6.92 Å². The van der Waals surface area contributed by atoms with Gasteiger partial charge in [0.1, 0.15) is 5.82 Å². The number of aromatic carboxylic acids is 1. The van der Waals surface area contributed by atoms with Crippen molar-refractivity contribution in [3.63, 3.8) is 0 Å². The Balaban J connectivity index is 2.37. The largest absolute Gasteiger partial charge is 0.477 e. The average Bonchev–Trinajstić information content (AvgIpc) is 2.30. The highest BCUT2D eigenvalue weighted by Crippen LogP contribution is 2.22. The number of hydrogen-bond acceptors (Lipinski definition) is 4. The molecule has 1 aliphatic rings. The first-order valence-electron chi connectivity index (χ1n) is 6.52. The molecule has 2 N–H and O–H groups in total. The van der Waals surface area contributed by atoms with Crippen LogP contribution >= 0.6 is 0 Å². The summed E-state index contributed by atoms with van der Waals surface area (Å²) in [5.74, 6) is -0.202. The first-order valence-corrected chi connectivity index (χ1v) is 6.52. The summed E-state index contributed by atoms with van der Waals surface area (Å²) in [7, 11) is 0. The van der Waals surface area contributed by atoms with E-state index in [9.17, 15) is 9.90 Å². The van der Waals surface area contributed by atoms with Crippen molar-refractivity contribution in [3.8, 4) is 0 Å². The molecule has 2 heterocycles. The molecule has 2 rings (SSSR count). The van der Waals surface area contributed by atoms with Gasteiger partial charge in [0.05, 0.1) is 0 Å². The van der Waals surface area contributed by atoms with Gasteiger partial charge in [0.2, 0.25) is 0 Å². The number of anilines is 1. The number of nitrogens with zero attached hydrogens (tertiary/aromatic N) is 2. The van der Waals surface area contributed by atoms with Crippen LogP contribution in [0.1, 0.15) is 35.5 Å². The molecule has 0 unspecified atom stereocenters. The van der Waals surface area contributed by atoms with Crippen molar-refractivity contribution < 1.29 is 9.90 Å². The molecule has 0 saturated carbocycles. The Hall–Kier alpha value is -1.62. The molecular formula is C14H21N3O2. The van der Waals surface area contributed by atoms with E-state index in [2.05, 4.69) is 29.0 Å². The standard InChI is InChI=1S/C14H21N3O2/c1-9-7-11(16-12(10(9)2)13(18)19)17-6-5-15-14(3,4)8-17/h7,15H,5-6,8H2,1-4H3,(H,18,19). The molecule has 0 bridgehead atoms. The number of carbonyl (C=O) groups is 1. The smallest absolute Gasteiger partial charge is 0.354 e. The summed E-state index contributed by atoms with van der Waals surface area (Å²) in [6.07, 6.45) is 0. The van der Waals surface area contributed by atoms with E-state index in [4.69, 9.17) is 0 Å². The lowest BCUT2D eigenvalue weighted by atomic mass is 10.0. The lowest BCUT2D eigenvalue weighted by molar-refractivity contribution is 0.0689. The van der Waals surface area contributed by atoms with E-state index in [1.807, 2.05) is 13.0 Å². The van der Waals surface area contributed by atoms with Crippen molar-refractivity contribution in [3.05, 3.63) is 22.9 Å². The SMILES string of the molecule is Cc1cc(N2CCNC(C)(C)C2)nc(C(=O)O)c1C.